The van der Waals surface area contributed by atoms with Crippen molar-refractivity contribution in [1.29, 1.82) is 0 Å². The van der Waals surface area contributed by atoms with Gasteiger partial charge in [-0.2, -0.15) is 0 Å². The molecule has 63 valence electrons. The van der Waals surface area contributed by atoms with E-state index in [2.05, 4.69) is 11.7 Å². The molecule has 0 fully saturated rings. The Morgan fingerprint density at radius 1 is 1.00 bits per heavy atom. The van der Waals surface area contributed by atoms with Gasteiger partial charge < -0.3 is 10.8 Å². The van der Waals surface area contributed by atoms with Crippen LogP contribution in [0.2, 0.25) is 0 Å². The summed E-state index contributed by atoms with van der Waals surface area (Å²) < 4.78 is 0. The van der Waals surface area contributed by atoms with Crippen LogP contribution in [0, 0.1) is 0 Å². The van der Waals surface area contributed by atoms with Crippen LogP contribution in [0.15, 0.2) is 24.3 Å². The molecular formula is C6H12N3O2. The topological polar surface area (TPSA) is 128 Å². The maximum Gasteiger partial charge on any atom is 0.115 e. The van der Waals surface area contributed by atoms with Crippen molar-refractivity contribution in [3.8, 4) is 5.75 Å². The Morgan fingerprint density at radius 2 is 1.36 bits per heavy atom. The zero-order valence-electron chi connectivity index (χ0n) is 5.94. The first-order valence-electron chi connectivity index (χ1n) is 2.67. The molecule has 0 aromatic heterocycles. The van der Waals surface area contributed by atoms with Crippen LogP contribution < -0.4 is 17.4 Å². The van der Waals surface area contributed by atoms with Crippen LogP contribution in [-0.4, -0.2) is 10.6 Å². The molecule has 5 heteroatoms. The first-order valence-corrected chi connectivity index (χ1v) is 2.67. The van der Waals surface area contributed by atoms with Crippen LogP contribution in [0.3, 0.4) is 0 Å². The van der Waals surface area contributed by atoms with Gasteiger partial charge in [0.05, 0.1) is 0 Å². The van der Waals surface area contributed by atoms with Gasteiger partial charge in [-0.05, 0) is 24.3 Å². The second-order valence-corrected chi connectivity index (χ2v) is 1.59. The van der Waals surface area contributed by atoms with Gasteiger partial charge in [-0.3, -0.25) is 17.2 Å². The minimum atomic E-state index is 0. The average Bonchev–Trinajstić information content (AvgIpc) is 2.00. The van der Waals surface area contributed by atoms with Crippen molar-refractivity contribution < 1.29 is 10.6 Å². The molecule has 0 unspecified atom stereocenters. The molecule has 0 aliphatic carbocycles. The van der Waals surface area contributed by atoms with Crippen LogP contribution in [0.4, 0.5) is 5.69 Å². The highest BCUT2D eigenvalue weighted by Gasteiger charge is 1.82. The smallest absolute Gasteiger partial charge is 0.115 e. The molecule has 0 amide bonds. The summed E-state index contributed by atoms with van der Waals surface area (Å²) in [6.07, 6.45) is 0. The molecule has 1 aromatic rings. The molecule has 5 nitrogen and oxygen atoms in total. The normalized spacial score (nSPS) is 7.09. The third kappa shape index (κ3) is 5.16. The molecule has 1 radical (unpaired) electrons. The number of hydrogen-bond acceptors (Lipinski definition) is 4. The maximum atomic E-state index is 8.70. The fourth-order valence-corrected chi connectivity index (χ4v) is 0.474. The SMILES string of the molecule is NN.Nc1ccc(O)cc1.[OH]. The summed E-state index contributed by atoms with van der Waals surface area (Å²) in [4.78, 5) is 0. The summed E-state index contributed by atoms with van der Waals surface area (Å²) in [6, 6.07) is 6.40. The fraction of sp³-hybridized carbons (Fsp3) is 0. The fourth-order valence-electron chi connectivity index (χ4n) is 0.474. The first-order chi connectivity index (χ1) is 4.79. The number of aromatic hydroxyl groups is 1. The number of benzene rings is 1. The van der Waals surface area contributed by atoms with Crippen molar-refractivity contribution in [2.45, 2.75) is 0 Å². The lowest BCUT2D eigenvalue weighted by molar-refractivity contribution is 0.475. The lowest BCUT2D eigenvalue weighted by Gasteiger charge is -1.89. The Kier molecular flexibility index (Phi) is 7.67. The summed E-state index contributed by atoms with van der Waals surface area (Å²) in [5.41, 5.74) is 5.98. The van der Waals surface area contributed by atoms with Crippen molar-refractivity contribution >= 4 is 5.69 Å². The summed E-state index contributed by atoms with van der Waals surface area (Å²) in [7, 11) is 0. The predicted octanol–water partition coefficient (Wildman–Crippen LogP) is -0.384. The van der Waals surface area contributed by atoms with Gasteiger partial charge >= 0.3 is 0 Å². The number of anilines is 1. The number of nitrogens with two attached hydrogens (primary N) is 3. The van der Waals surface area contributed by atoms with Gasteiger partial charge in [0.2, 0.25) is 0 Å². The Labute approximate surface area is 64.7 Å². The third-order valence-electron chi connectivity index (χ3n) is 0.893. The number of rotatable bonds is 0. The lowest BCUT2D eigenvalue weighted by Crippen LogP contribution is -2.02. The standard InChI is InChI=1S/C6H7NO.H4N2.HO/c7-5-1-3-6(8)4-2-5;1-2;/h1-4,8H,7H2;1-2H2;1H. The van der Waals surface area contributed by atoms with E-state index in [1.54, 1.807) is 24.3 Å². The summed E-state index contributed by atoms with van der Waals surface area (Å²) in [5.74, 6) is 8.25. The number of phenolic OH excluding ortho intramolecular Hbond substituents is 1. The van der Waals surface area contributed by atoms with Crippen LogP contribution in [0.5, 0.6) is 5.75 Å². The van der Waals surface area contributed by atoms with Crippen molar-refractivity contribution in [2.24, 2.45) is 11.7 Å². The van der Waals surface area contributed by atoms with Gasteiger partial charge in [0.15, 0.2) is 0 Å². The Morgan fingerprint density at radius 3 is 1.64 bits per heavy atom. The van der Waals surface area contributed by atoms with E-state index in [1.165, 1.54) is 0 Å². The molecule has 0 aliphatic rings. The highest BCUT2D eigenvalue weighted by Crippen LogP contribution is 2.09. The zero-order chi connectivity index (χ0) is 7.98. The van der Waals surface area contributed by atoms with E-state index in [-0.39, 0.29) is 11.2 Å². The Bertz CT molecular complexity index is 155. The molecule has 0 saturated heterocycles. The van der Waals surface area contributed by atoms with Crippen LogP contribution >= 0.6 is 0 Å². The molecule has 0 heterocycles. The highest BCUT2D eigenvalue weighted by molar-refractivity contribution is 5.40. The van der Waals surface area contributed by atoms with E-state index < -0.39 is 0 Å². The molecular weight excluding hydrogens is 146 g/mol. The molecule has 0 aliphatic heterocycles. The second-order valence-electron chi connectivity index (χ2n) is 1.59. The van der Waals surface area contributed by atoms with E-state index in [0.29, 0.717) is 5.69 Å². The number of nitrogen functional groups attached to an aromatic ring is 1. The van der Waals surface area contributed by atoms with Gasteiger partial charge in [0.1, 0.15) is 5.75 Å². The molecule has 8 N–H and O–H groups in total. The summed E-state index contributed by atoms with van der Waals surface area (Å²) in [5, 5.41) is 8.70. The molecule has 1 aromatic carbocycles. The molecule has 11 heavy (non-hydrogen) atoms. The van der Waals surface area contributed by atoms with Gasteiger partial charge in [-0.25, -0.2) is 0 Å². The third-order valence-corrected chi connectivity index (χ3v) is 0.893. The predicted molar refractivity (Wildman–Crippen MR) is 42.8 cm³/mol. The van der Waals surface area contributed by atoms with Crippen molar-refractivity contribution in [3.63, 3.8) is 0 Å². The minimum absolute atomic E-state index is 0. The zero-order valence-corrected chi connectivity index (χ0v) is 5.94. The molecule has 0 atom stereocenters. The number of phenols is 1. The van der Waals surface area contributed by atoms with E-state index in [4.69, 9.17) is 10.8 Å². The van der Waals surface area contributed by atoms with Gasteiger partial charge in [-0.15, -0.1) is 0 Å². The molecule has 0 spiro atoms. The van der Waals surface area contributed by atoms with Crippen LogP contribution in [-0.2, 0) is 0 Å². The largest absolute Gasteiger partial charge is 0.508 e. The number of hydrazine groups is 1. The minimum Gasteiger partial charge on any atom is -0.508 e. The van der Waals surface area contributed by atoms with Crippen LogP contribution in [0.25, 0.3) is 0 Å². The van der Waals surface area contributed by atoms with Crippen LogP contribution in [0.1, 0.15) is 0 Å². The Hall–Kier alpha value is -1.30. The second kappa shape index (κ2) is 6.81. The van der Waals surface area contributed by atoms with E-state index in [0.717, 1.165) is 0 Å². The number of hydrogen-bond donors (Lipinski definition) is 5. The Balaban J connectivity index is 0. The van der Waals surface area contributed by atoms with E-state index in [9.17, 15) is 0 Å². The van der Waals surface area contributed by atoms with Gasteiger partial charge in [0, 0.05) is 5.69 Å². The average molecular weight is 158 g/mol. The molecule has 1 rings (SSSR count). The van der Waals surface area contributed by atoms with Crippen molar-refractivity contribution in [1.82, 2.24) is 0 Å². The van der Waals surface area contributed by atoms with E-state index in [1.807, 2.05) is 0 Å². The maximum absolute atomic E-state index is 8.70. The highest BCUT2D eigenvalue weighted by atomic mass is 16.3. The lowest BCUT2D eigenvalue weighted by atomic mass is 10.3. The van der Waals surface area contributed by atoms with Crippen molar-refractivity contribution in [2.75, 3.05) is 5.73 Å². The molecule has 0 bridgehead atoms. The van der Waals surface area contributed by atoms with Gasteiger partial charge in [0.25, 0.3) is 0 Å². The van der Waals surface area contributed by atoms with Crippen molar-refractivity contribution in [3.05, 3.63) is 24.3 Å². The quantitative estimate of drug-likeness (QED) is 0.152. The first kappa shape index (κ1) is 12.4. The van der Waals surface area contributed by atoms with Gasteiger partial charge in [-0.1, -0.05) is 0 Å². The summed E-state index contributed by atoms with van der Waals surface area (Å²) in [6.45, 7) is 0. The van der Waals surface area contributed by atoms with E-state index >= 15 is 0 Å². The molecule has 0 saturated carbocycles. The summed E-state index contributed by atoms with van der Waals surface area (Å²) >= 11 is 0. The monoisotopic (exact) mass is 158 g/mol.